The normalized spacial score (nSPS) is 20.9. The van der Waals surface area contributed by atoms with E-state index in [0.717, 1.165) is 16.9 Å². The molecule has 0 bridgehead atoms. The maximum Gasteiger partial charge on any atom is 0.317 e. The fraction of sp³-hybridized carbons (Fsp3) is 0.235. The van der Waals surface area contributed by atoms with E-state index in [1.807, 2.05) is 24.3 Å². The van der Waals surface area contributed by atoms with Crippen molar-refractivity contribution in [3.05, 3.63) is 53.3 Å². The first kappa shape index (κ1) is 14.3. The quantitative estimate of drug-likeness (QED) is 0.868. The molecule has 0 spiro atoms. The number of rotatable bonds is 3. The second-order valence-electron chi connectivity index (χ2n) is 4.99. The fourth-order valence-electron chi connectivity index (χ4n) is 2.42. The Kier molecular flexibility index (Phi) is 3.87. The van der Waals surface area contributed by atoms with Crippen molar-refractivity contribution in [2.75, 3.05) is 13.4 Å². The molecule has 3 rings (SSSR count). The van der Waals surface area contributed by atoms with Crippen LogP contribution < -0.4 is 15.2 Å². The van der Waals surface area contributed by atoms with E-state index in [-0.39, 0.29) is 12.8 Å². The molecule has 1 atom stereocenters. The lowest BCUT2D eigenvalue weighted by molar-refractivity contribution is -0.145. The number of hydrogen-bond donors (Lipinski definition) is 1. The van der Waals surface area contributed by atoms with Crippen LogP contribution in [-0.2, 0) is 9.53 Å². The maximum atomic E-state index is 12.1. The average Bonchev–Trinajstić information content (AvgIpc) is 2.95. The van der Waals surface area contributed by atoms with Crippen molar-refractivity contribution in [3.63, 3.8) is 0 Å². The largest absolute Gasteiger partial charge is 0.465 e. The molecule has 2 aliphatic rings. The molecule has 22 heavy (non-hydrogen) atoms. The van der Waals surface area contributed by atoms with Gasteiger partial charge in [-0.1, -0.05) is 18.2 Å². The van der Waals surface area contributed by atoms with E-state index < -0.39 is 5.92 Å². The van der Waals surface area contributed by atoms with Crippen LogP contribution in [0.4, 0.5) is 0 Å². The van der Waals surface area contributed by atoms with Gasteiger partial charge in [-0.3, -0.25) is 4.79 Å². The van der Waals surface area contributed by atoms with E-state index in [4.69, 9.17) is 19.9 Å². The first-order chi connectivity index (χ1) is 10.7. The number of carbonyl (C=O) groups excluding carboxylic acids is 1. The Morgan fingerprint density at radius 3 is 3.05 bits per heavy atom. The molecule has 5 nitrogen and oxygen atoms in total. The van der Waals surface area contributed by atoms with Crippen LogP contribution in [0.25, 0.3) is 6.08 Å². The van der Waals surface area contributed by atoms with Crippen LogP contribution in [0.15, 0.2) is 47.7 Å². The molecule has 0 radical (unpaired) electrons. The second kappa shape index (κ2) is 5.97. The van der Waals surface area contributed by atoms with Gasteiger partial charge >= 0.3 is 5.97 Å². The third-order valence-electron chi connectivity index (χ3n) is 3.44. The zero-order valence-corrected chi connectivity index (χ0v) is 12.2. The van der Waals surface area contributed by atoms with Crippen LogP contribution in [0.1, 0.15) is 12.5 Å². The molecule has 0 amide bonds. The SMILES string of the molecule is CCOC(=O)C1C=CC(N)=CC1=Cc1ccc2c(c1)OCO2. The second-order valence-corrected chi connectivity index (χ2v) is 4.99. The maximum absolute atomic E-state index is 12.1. The molecule has 0 saturated heterocycles. The van der Waals surface area contributed by atoms with Gasteiger partial charge in [-0.15, -0.1) is 0 Å². The molecular formula is C17H17NO4. The van der Waals surface area contributed by atoms with Crippen molar-refractivity contribution in [2.24, 2.45) is 11.7 Å². The Bertz CT molecular complexity index is 688. The molecule has 1 unspecified atom stereocenters. The van der Waals surface area contributed by atoms with Crippen LogP contribution in [-0.4, -0.2) is 19.4 Å². The third kappa shape index (κ3) is 2.83. The molecule has 5 heteroatoms. The van der Waals surface area contributed by atoms with Gasteiger partial charge in [0, 0.05) is 5.70 Å². The molecular weight excluding hydrogens is 282 g/mol. The number of nitrogens with two attached hydrogens (primary N) is 1. The average molecular weight is 299 g/mol. The van der Waals surface area contributed by atoms with E-state index in [0.29, 0.717) is 18.1 Å². The minimum absolute atomic E-state index is 0.233. The zero-order valence-electron chi connectivity index (χ0n) is 12.2. The summed E-state index contributed by atoms with van der Waals surface area (Å²) in [5.74, 6) is 0.695. The minimum atomic E-state index is -0.447. The lowest BCUT2D eigenvalue weighted by Gasteiger charge is -2.17. The summed E-state index contributed by atoms with van der Waals surface area (Å²) >= 11 is 0. The Labute approximate surface area is 128 Å². The highest BCUT2D eigenvalue weighted by molar-refractivity contribution is 5.82. The van der Waals surface area contributed by atoms with Crippen LogP contribution in [0, 0.1) is 5.92 Å². The summed E-state index contributed by atoms with van der Waals surface area (Å²) in [7, 11) is 0. The van der Waals surface area contributed by atoms with Crippen molar-refractivity contribution in [3.8, 4) is 11.5 Å². The highest BCUT2D eigenvalue weighted by Crippen LogP contribution is 2.34. The van der Waals surface area contributed by atoms with Crippen LogP contribution >= 0.6 is 0 Å². The van der Waals surface area contributed by atoms with Gasteiger partial charge in [-0.2, -0.15) is 0 Å². The van der Waals surface area contributed by atoms with Crippen molar-refractivity contribution < 1.29 is 19.0 Å². The first-order valence-corrected chi connectivity index (χ1v) is 7.10. The summed E-state index contributed by atoms with van der Waals surface area (Å²) in [4.78, 5) is 12.1. The lowest BCUT2D eigenvalue weighted by Crippen LogP contribution is -2.20. The minimum Gasteiger partial charge on any atom is -0.465 e. The predicted octanol–water partition coefficient (Wildman–Crippen LogP) is 2.39. The van der Waals surface area contributed by atoms with Gasteiger partial charge in [0.2, 0.25) is 6.79 Å². The third-order valence-corrected chi connectivity index (χ3v) is 3.44. The molecule has 1 aromatic rings. The number of hydrogen-bond acceptors (Lipinski definition) is 5. The molecule has 0 fully saturated rings. The molecule has 1 heterocycles. The van der Waals surface area contributed by atoms with Gasteiger partial charge in [0.25, 0.3) is 0 Å². The molecule has 1 aromatic carbocycles. The summed E-state index contributed by atoms with van der Waals surface area (Å²) < 4.78 is 15.8. The summed E-state index contributed by atoms with van der Waals surface area (Å²) in [5.41, 5.74) is 8.15. The smallest absolute Gasteiger partial charge is 0.317 e. The number of ether oxygens (including phenoxy) is 3. The summed E-state index contributed by atoms with van der Waals surface area (Å²) in [6, 6.07) is 5.63. The summed E-state index contributed by atoms with van der Waals surface area (Å²) in [6.07, 6.45) is 7.16. The van der Waals surface area contributed by atoms with Crippen molar-refractivity contribution in [1.82, 2.24) is 0 Å². The first-order valence-electron chi connectivity index (χ1n) is 7.10. The van der Waals surface area contributed by atoms with Crippen molar-refractivity contribution in [2.45, 2.75) is 6.92 Å². The lowest BCUT2D eigenvalue weighted by atomic mass is 9.91. The topological polar surface area (TPSA) is 70.8 Å². The molecule has 1 aliphatic carbocycles. The molecule has 2 N–H and O–H groups in total. The number of carbonyl (C=O) groups is 1. The van der Waals surface area contributed by atoms with Gasteiger partial charge in [0.05, 0.1) is 6.61 Å². The van der Waals surface area contributed by atoms with E-state index in [2.05, 4.69) is 0 Å². The van der Waals surface area contributed by atoms with E-state index >= 15 is 0 Å². The number of benzene rings is 1. The fourth-order valence-corrected chi connectivity index (χ4v) is 2.42. The Balaban J connectivity index is 1.92. The van der Waals surface area contributed by atoms with Crippen molar-refractivity contribution >= 4 is 12.0 Å². The molecule has 0 aromatic heterocycles. The standard InChI is InChI=1S/C17H17NO4/c1-2-20-17(19)14-5-4-13(18)9-12(14)7-11-3-6-15-16(8-11)22-10-21-15/h3-9,14H,2,10,18H2,1H3. The van der Waals surface area contributed by atoms with Crippen LogP contribution in [0.2, 0.25) is 0 Å². The highest BCUT2D eigenvalue weighted by Gasteiger charge is 2.23. The van der Waals surface area contributed by atoms with E-state index in [1.54, 1.807) is 25.2 Å². The number of allylic oxidation sites excluding steroid dienone is 2. The van der Waals surface area contributed by atoms with Gasteiger partial charge in [0.15, 0.2) is 11.5 Å². The monoisotopic (exact) mass is 299 g/mol. The van der Waals surface area contributed by atoms with Gasteiger partial charge in [-0.05, 0) is 42.3 Å². The van der Waals surface area contributed by atoms with Crippen LogP contribution in [0.3, 0.4) is 0 Å². The number of fused-ring (bicyclic) bond motifs is 1. The van der Waals surface area contributed by atoms with E-state index in [1.165, 1.54) is 0 Å². The molecule has 1 aliphatic heterocycles. The summed E-state index contributed by atoms with van der Waals surface area (Å²) in [6.45, 7) is 2.37. The Morgan fingerprint density at radius 2 is 2.23 bits per heavy atom. The molecule has 114 valence electrons. The Morgan fingerprint density at radius 1 is 1.41 bits per heavy atom. The zero-order chi connectivity index (χ0) is 15.5. The molecule has 0 saturated carbocycles. The predicted molar refractivity (Wildman–Crippen MR) is 82.1 cm³/mol. The summed E-state index contributed by atoms with van der Waals surface area (Å²) in [5, 5.41) is 0. The number of esters is 1. The van der Waals surface area contributed by atoms with Crippen LogP contribution in [0.5, 0.6) is 11.5 Å². The van der Waals surface area contributed by atoms with Gasteiger partial charge < -0.3 is 19.9 Å². The van der Waals surface area contributed by atoms with Gasteiger partial charge in [0.1, 0.15) is 5.92 Å². The Hall–Kier alpha value is -2.69. The van der Waals surface area contributed by atoms with Gasteiger partial charge in [-0.25, -0.2) is 0 Å². The van der Waals surface area contributed by atoms with Crippen molar-refractivity contribution in [1.29, 1.82) is 0 Å². The van der Waals surface area contributed by atoms with E-state index in [9.17, 15) is 4.79 Å². The highest BCUT2D eigenvalue weighted by atomic mass is 16.7.